The lowest BCUT2D eigenvalue weighted by Gasteiger charge is -2.31. The minimum Gasteiger partial charge on any atom is -0.383 e. The second-order valence-corrected chi connectivity index (χ2v) is 6.83. The highest BCUT2D eigenvalue weighted by molar-refractivity contribution is 5.95. The molecule has 0 unspecified atom stereocenters. The van der Waals surface area contributed by atoms with E-state index in [0.29, 0.717) is 11.8 Å². The van der Waals surface area contributed by atoms with Gasteiger partial charge in [0, 0.05) is 33.2 Å². The van der Waals surface area contributed by atoms with Crippen molar-refractivity contribution < 1.29 is 9.53 Å². The SMILES string of the molecule is COCCN1CCC(CNC(=O)c2cnn(C)c2C2CC2)CC1. The molecule has 1 N–H and O–H groups in total. The number of amides is 1. The van der Waals surface area contributed by atoms with Gasteiger partial charge in [-0.25, -0.2) is 0 Å². The van der Waals surface area contributed by atoms with Crippen LogP contribution < -0.4 is 5.32 Å². The number of carbonyl (C=O) groups is 1. The number of hydrogen-bond donors (Lipinski definition) is 1. The van der Waals surface area contributed by atoms with Gasteiger partial charge >= 0.3 is 0 Å². The van der Waals surface area contributed by atoms with Crippen LogP contribution in [0.15, 0.2) is 6.20 Å². The van der Waals surface area contributed by atoms with Crippen LogP contribution in [0.4, 0.5) is 0 Å². The van der Waals surface area contributed by atoms with Gasteiger partial charge in [-0.05, 0) is 44.7 Å². The Morgan fingerprint density at radius 1 is 1.35 bits per heavy atom. The fourth-order valence-electron chi connectivity index (χ4n) is 3.43. The summed E-state index contributed by atoms with van der Waals surface area (Å²) in [6.45, 7) is 4.78. The molecule has 1 aromatic heterocycles. The van der Waals surface area contributed by atoms with Gasteiger partial charge in [0.1, 0.15) is 0 Å². The summed E-state index contributed by atoms with van der Waals surface area (Å²) in [5.41, 5.74) is 1.88. The normalized spacial score (nSPS) is 19.9. The van der Waals surface area contributed by atoms with E-state index < -0.39 is 0 Å². The second-order valence-electron chi connectivity index (χ2n) is 6.83. The number of rotatable bonds is 7. The fourth-order valence-corrected chi connectivity index (χ4v) is 3.43. The Morgan fingerprint density at radius 2 is 2.09 bits per heavy atom. The zero-order chi connectivity index (χ0) is 16.2. The summed E-state index contributed by atoms with van der Waals surface area (Å²) in [5.74, 6) is 1.16. The van der Waals surface area contributed by atoms with E-state index in [-0.39, 0.29) is 5.91 Å². The van der Waals surface area contributed by atoms with Crippen LogP contribution in [0.25, 0.3) is 0 Å². The van der Waals surface area contributed by atoms with Crippen LogP contribution in [0.2, 0.25) is 0 Å². The molecule has 1 amide bonds. The molecule has 3 rings (SSSR count). The van der Waals surface area contributed by atoms with Crippen molar-refractivity contribution in [2.45, 2.75) is 31.6 Å². The molecule has 0 atom stereocenters. The van der Waals surface area contributed by atoms with Gasteiger partial charge in [0.25, 0.3) is 5.91 Å². The van der Waals surface area contributed by atoms with Crippen molar-refractivity contribution in [3.63, 3.8) is 0 Å². The number of aromatic nitrogens is 2. The van der Waals surface area contributed by atoms with Crippen molar-refractivity contribution in [3.8, 4) is 0 Å². The number of nitrogens with zero attached hydrogens (tertiary/aromatic N) is 3. The molecular formula is C17H28N4O2. The number of hydrogen-bond acceptors (Lipinski definition) is 4. The molecular weight excluding hydrogens is 292 g/mol. The number of piperidine rings is 1. The van der Waals surface area contributed by atoms with E-state index in [1.165, 1.54) is 12.8 Å². The molecule has 128 valence electrons. The van der Waals surface area contributed by atoms with E-state index in [0.717, 1.165) is 56.9 Å². The molecule has 0 aromatic carbocycles. The summed E-state index contributed by atoms with van der Waals surface area (Å²) in [5, 5.41) is 7.40. The molecule has 6 nitrogen and oxygen atoms in total. The molecule has 1 aliphatic heterocycles. The third-order valence-electron chi connectivity index (χ3n) is 5.06. The number of likely N-dealkylation sites (tertiary alicyclic amines) is 1. The van der Waals surface area contributed by atoms with Gasteiger partial charge in [0.05, 0.1) is 24.1 Å². The molecule has 1 aliphatic carbocycles. The molecule has 6 heteroatoms. The number of aryl methyl sites for hydroxylation is 1. The standard InChI is InChI=1S/C17H28N4O2/c1-20-16(14-3-4-14)15(12-19-20)17(22)18-11-13-5-7-21(8-6-13)9-10-23-2/h12-14H,3-11H2,1-2H3,(H,18,22). The Bertz CT molecular complexity index is 531. The molecule has 0 spiro atoms. The lowest BCUT2D eigenvalue weighted by Crippen LogP contribution is -2.39. The van der Waals surface area contributed by atoms with Crippen LogP contribution in [-0.2, 0) is 11.8 Å². The number of carbonyl (C=O) groups excluding carboxylic acids is 1. The smallest absolute Gasteiger partial charge is 0.254 e. The molecule has 0 radical (unpaired) electrons. The number of methoxy groups -OCH3 is 1. The van der Waals surface area contributed by atoms with E-state index in [1.807, 2.05) is 11.7 Å². The van der Waals surface area contributed by atoms with Crippen molar-refractivity contribution in [2.75, 3.05) is 39.9 Å². The molecule has 1 saturated carbocycles. The van der Waals surface area contributed by atoms with E-state index in [2.05, 4.69) is 15.3 Å². The van der Waals surface area contributed by atoms with Gasteiger partial charge in [0.15, 0.2) is 0 Å². The fraction of sp³-hybridized carbons (Fsp3) is 0.765. The molecule has 1 aromatic rings. The highest BCUT2D eigenvalue weighted by Gasteiger charge is 2.31. The van der Waals surface area contributed by atoms with Crippen LogP contribution in [-0.4, -0.2) is 60.5 Å². The molecule has 2 heterocycles. The molecule has 23 heavy (non-hydrogen) atoms. The van der Waals surface area contributed by atoms with Crippen molar-refractivity contribution in [3.05, 3.63) is 17.5 Å². The second kappa shape index (κ2) is 7.45. The summed E-state index contributed by atoms with van der Waals surface area (Å²) in [6, 6.07) is 0. The van der Waals surface area contributed by atoms with E-state index in [9.17, 15) is 4.79 Å². The van der Waals surface area contributed by atoms with E-state index >= 15 is 0 Å². The summed E-state index contributed by atoms with van der Waals surface area (Å²) in [4.78, 5) is 14.9. The molecule has 2 fully saturated rings. The number of ether oxygens (including phenoxy) is 1. The maximum atomic E-state index is 12.5. The third kappa shape index (κ3) is 4.12. The summed E-state index contributed by atoms with van der Waals surface area (Å²) < 4.78 is 6.99. The largest absolute Gasteiger partial charge is 0.383 e. The van der Waals surface area contributed by atoms with Crippen molar-refractivity contribution in [2.24, 2.45) is 13.0 Å². The van der Waals surface area contributed by atoms with Gasteiger partial charge < -0.3 is 15.0 Å². The third-order valence-corrected chi connectivity index (χ3v) is 5.06. The van der Waals surface area contributed by atoms with Gasteiger partial charge in [-0.15, -0.1) is 0 Å². The van der Waals surface area contributed by atoms with Crippen LogP contribution >= 0.6 is 0 Å². The molecule has 1 saturated heterocycles. The van der Waals surface area contributed by atoms with Gasteiger partial charge in [-0.3, -0.25) is 9.48 Å². The Morgan fingerprint density at radius 3 is 2.74 bits per heavy atom. The quantitative estimate of drug-likeness (QED) is 0.825. The lowest BCUT2D eigenvalue weighted by atomic mass is 9.96. The first-order chi connectivity index (χ1) is 11.2. The maximum Gasteiger partial charge on any atom is 0.254 e. The zero-order valence-corrected chi connectivity index (χ0v) is 14.3. The highest BCUT2D eigenvalue weighted by Crippen LogP contribution is 2.41. The zero-order valence-electron chi connectivity index (χ0n) is 14.3. The molecule has 2 aliphatic rings. The Hall–Kier alpha value is -1.40. The summed E-state index contributed by atoms with van der Waals surface area (Å²) >= 11 is 0. The maximum absolute atomic E-state index is 12.5. The van der Waals surface area contributed by atoms with Crippen molar-refractivity contribution >= 4 is 5.91 Å². The minimum atomic E-state index is 0.0433. The van der Waals surface area contributed by atoms with Crippen LogP contribution in [0.3, 0.4) is 0 Å². The summed E-state index contributed by atoms with van der Waals surface area (Å²) in [6.07, 6.45) is 6.37. The Labute approximate surface area is 138 Å². The first-order valence-electron chi connectivity index (χ1n) is 8.70. The van der Waals surface area contributed by atoms with E-state index in [4.69, 9.17) is 4.74 Å². The van der Waals surface area contributed by atoms with Gasteiger partial charge in [0.2, 0.25) is 0 Å². The Balaban J connectivity index is 1.45. The van der Waals surface area contributed by atoms with Crippen molar-refractivity contribution in [1.29, 1.82) is 0 Å². The topological polar surface area (TPSA) is 59.4 Å². The van der Waals surface area contributed by atoms with Crippen molar-refractivity contribution in [1.82, 2.24) is 20.0 Å². The van der Waals surface area contributed by atoms with Crippen LogP contribution in [0, 0.1) is 5.92 Å². The monoisotopic (exact) mass is 320 g/mol. The first-order valence-corrected chi connectivity index (χ1v) is 8.70. The van der Waals surface area contributed by atoms with Crippen LogP contribution in [0.1, 0.15) is 47.7 Å². The predicted molar refractivity (Wildman–Crippen MR) is 88.6 cm³/mol. The number of nitrogens with one attached hydrogen (secondary N) is 1. The first kappa shape index (κ1) is 16.5. The summed E-state index contributed by atoms with van der Waals surface area (Å²) in [7, 11) is 3.68. The van der Waals surface area contributed by atoms with Gasteiger partial charge in [-0.1, -0.05) is 0 Å². The molecule has 0 bridgehead atoms. The van der Waals surface area contributed by atoms with Crippen LogP contribution in [0.5, 0.6) is 0 Å². The minimum absolute atomic E-state index is 0.0433. The lowest BCUT2D eigenvalue weighted by molar-refractivity contribution is 0.0925. The Kier molecular flexibility index (Phi) is 5.33. The predicted octanol–water partition coefficient (Wildman–Crippen LogP) is 1.39. The van der Waals surface area contributed by atoms with Gasteiger partial charge in [-0.2, -0.15) is 5.10 Å². The average molecular weight is 320 g/mol. The highest BCUT2D eigenvalue weighted by atomic mass is 16.5. The van der Waals surface area contributed by atoms with E-state index in [1.54, 1.807) is 13.3 Å². The average Bonchev–Trinajstić information content (AvgIpc) is 3.33.